The fraction of sp³-hybridized carbons (Fsp3) is 0.333. The average Bonchev–Trinajstić information content (AvgIpc) is 2.88. The Bertz CT molecular complexity index is 501. The van der Waals surface area contributed by atoms with Crippen molar-refractivity contribution in [1.82, 2.24) is 10.2 Å². The van der Waals surface area contributed by atoms with Crippen molar-refractivity contribution in [2.75, 3.05) is 30.2 Å². The number of hydrogen-bond donors (Lipinski definition) is 1. The van der Waals surface area contributed by atoms with Gasteiger partial charge in [0, 0.05) is 17.2 Å². The summed E-state index contributed by atoms with van der Waals surface area (Å²) in [6.45, 7) is 0. The van der Waals surface area contributed by atoms with Crippen LogP contribution < -0.4 is 10.1 Å². The van der Waals surface area contributed by atoms with Gasteiger partial charge in [0.2, 0.25) is 5.13 Å². The first-order valence-corrected chi connectivity index (χ1v) is 8.87. The molecule has 1 heterocycles. The average molecular weight is 313 g/mol. The van der Waals surface area contributed by atoms with Crippen molar-refractivity contribution in [2.45, 2.75) is 4.34 Å². The summed E-state index contributed by atoms with van der Waals surface area (Å²) in [4.78, 5) is 0. The number of nitrogens with one attached hydrogen (secondary N) is 1. The molecule has 1 aromatic carbocycles. The van der Waals surface area contributed by atoms with Gasteiger partial charge in [0.05, 0.1) is 7.11 Å². The van der Waals surface area contributed by atoms with Crippen LogP contribution in [0.5, 0.6) is 5.75 Å². The number of anilines is 2. The van der Waals surface area contributed by atoms with Gasteiger partial charge in [-0.05, 0) is 30.5 Å². The lowest BCUT2D eigenvalue weighted by molar-refractivity contribution is 0.415. The summed E-state index contributed by atoms with van der Waals surface area (Å²) in [5.74, 6) is 3.04. The molecule has 1 aromatic heterocycles. The lowest BCUT2D eigenvalue weighted by Crippen LogP contribution is -1.89. The second-order valence-electron chi connectivity index (χ2n) is 3.57. The first-order valence-electron chi connectivity index (χ1n) is 5.68. The zero-order valence-corrected chi connectivity index (χ0v) is 13.2. The van der Waals surface area contributed by atoms with Gasteiger partial charge in [-0.1, -0.05) is 23.1 Å². The lowest BCUT2D eigenvalue weighted by Gasteiger charge is -2.03. The van der Waals surface area contributed by atoms with Crippen LogP contribution in [0.3, 0.4) is 0 Å². The Labute approximate surface area is 125 Å². The molecule has 0 saturated carbocycles. The number of nitrogens with zero attached hydrogens (tertiary/aromatic N) is 2. The number of methoxy groups -OCH3 is 1. The molecule has 4 nitrogen and oxygen atoms in total. The van der Waals surface area contributed by atoms with Crippen LogP contribution in [0.2, 0.25) is 0 Å². The van der Waals surface area contributed by atoms with Crippen molar-refractivity contribution in [3.05, 3.63) is 24.3 Å². The van der Waals surface area contributed by atoms with Gasteiger partial charge in [-0.15, -0.1) is 10.2 Å². The van der Waals surface area contributed by atoms with E-state index in [1.165, 1.54) is 0 Å². The molecule has 0 unspecified atom stereocenters. The molecule has 19 heavy (non-hydrogen) atoms. The van der Waals surface area contributed by atoms with Crippen molar-refractivity contribution in [1.29, 1.82) is 0 Å². The summed E-state index contributed by atoms with van der Waals surface area (Å²) in [7, 11) is 1.66. The summed E-state index contributed by atoms with van der Waals surface area (Å²) in [6.07, 6.45) is 2.11. The van der Waals surface area contributed by atoms with Gasteiger partial charge in [0.1, 0.15) is 5.75 Å². The highest BCUT2D eigenvalue weighted by Gasteiger charge is 2.04. The molecule has 0 aliphatic carbocycles. The number of benzene rings is 1. The monoisotopic (exact) mass is 313 g/mol. The van der Waals surface area contributed by atoms with Crippen molar-refractivity contribution in [3.8, 4) is 5.75 Å². The van der Waals surface area contributed by atoms with Crippen LogP contribution in [0.25, 0.3) is 0 Å². The minimum absolute atomic E-state index is 0.816. The molecule has 102 valence electrons. The van der Waals surface area contributed by atoms with E-state index in [1.54, 1.807) is 30.2 Å². The molecule has 0 aliphatic heterocycles. The Morgan fingerprint density at radius 3 is 2.68 bits per heavy atom. The molecule has 2 rings (SSSR count). The van der Waals surface area contributed by atoms with Crippen LogP contribution in [-0.4, -0.2) is 35.1 Å². The molecule has 0 saturated heterocycles. The van der Waals surface area contributed by atoms with Crippen molar-refractivity contribution in [2.24, 2.45) is 0 Å². The second kappa shape index (κ2) is 7.62. The number of rotatable bonds is 7. The van der Waals surface area contributed by atoms with Crippen LogP contribution in [0, 0.1) is 0 Å². The standard InChI is InChI=1S/C12H15N3OS3/c1-16-10-5-3-9(4-6-10)13-11-14-15-12(19-11)18-8-7-17-2/h3-6H,7-8H2,1-2H3,(H,13,14). The zero-order chi connectivity index (χ0) is 13.5. The van der Waals surface area contributed by atoms with Crippen LogP contribution >= 0.6 is 34.9 Å². The summed E-state index contributed by atoms with van der Waals surface area (Å²) < 4.78 is 6.12. The smallest absolute Gasteiger partial charge is 0.210 e. The Hall–Kier alpha value is -0.920. The quantitative estimate of drug-likeness (QED) is 0.620. The van der Waals surface area contributed by atoms with E-state index < -0.39 is 0 Å². The maximum atomic E-state index is 5.12. The largest absolute Gasteiger partial charge is 0.497 e. The SMILES string of the molecule is COc1ccc(Nc2nnc(SCCSC)s2)cc1. The van der Waals surface area contributed by atoms with Gasteiger partial charge in [-0.3, -0.25) is 0 Å². The van der Waals surface area contributed by atoms with Gasteiger partial charge in [-0.2, -0.15) is 11.8 Å². The Morgan fingerprint density at radius 1 is 1.21 bits per heavy atom. The van der Waals surface area contributed by atoms with Gasteiger partial charge in [0.15, 0.2) is 4.34 Å². The van der Waals surface area contributed by atoms with Crippen LogP contribution in [0.4, 0.5) is 10.8 Å². The first kappa shape index (κ1) is 14.5. The van der Waals surface area contributed by atoms with E-state index in [2.05, 4.69) is 21.8 Å². The van der Waals surface area contributed by atoms with Gasteiger partial charge >= 0.3 is 0 Å². The van der Waals surface area contributed by atoms with Crippen LogP contribution in [0.1, 0.15) is 0 Å². The van der Waals surface area contributed by atoms with E-state index in [4.69, 9.17) is 4.74 Å². The van der Waals surface area contributed by atoms with Crippen LogP contribution in [-0.2, 0) is 0 Å². The highest BCUT2D eigenvalue weighted by molar-refractivity contribution is 8.03. The van der Waals surface area contributed by atoms with E-state index in [9.17, 15) is 0 Å². The molecule has 1 N–H and O–H groups in total. The molecular formula is C12H15N3OS3. The molecule has 2 aromatic rings. The third-order valence-corrected chi connectivity index (χ3v) is 5.11. The maximum Gasteiger partial charge on any atom is 0.210 e. The van der Waals surface area contributed by atoms with E-state index in [-0.39, 0.29) is 0 Å². The van der Waals surface area contributed by atoms with Crippen molar-refractivity contribution >= 4 is 45.7 Å². The lowest BCUT2D eigenvalue weighted by atomic mass is 10.3. The van der Waals surface area contributed by atoms with Gasteiger partial charge < -0.3 is 10.1 Å². The van der Waals surface area contributed by atoms with E-state index in [0.717, 1.165) is 32.4 Å². The van der Waals surface area contributed by atoms with E-state index in [1.807, 2.05) is 36.0 Å². The third kappa shape index (κ3) is 4.59. The topological polar surface area (TPSA) is 47.0 Å². The minimum Gasteiger partial charge on any atom is -0.497 e. The Kier molecular flexibility index (Phi) is 5.81. The maximum absolute atomic E-state index is 5.12. The molecule has 0 radical (unpaired) electrons. The fourth-order valence-corrected chi connectivity index (χ4v) is 3.82. The van der Waals surface area contributed by atoms with Gasteiger partial charge in [0.25, 0.3) is 0 Å². The summed E-state index contributed by atoms with van der Waals surface area (Å²) in [5.41, 5.74) is 0.984. The third-order valence-electron chi connectivity index (χ3n) is 2.26. The predicted octanol–water partition coefficient (Wildman–Crippen LogP) is 3.75. The molecule has 0 fully saturated rings. The fourth-order valence-electron chi connectivity index (χ4n) is 1.33. The Morgan fingerprint density at radius 2 is 2.00 bits per heavy atom. The molecular weight excluding hydrogens is 298 g/mol. The normalized spacial score (nSPS) is 10.4. The number of ether oxygens (including phenoxy) is 1. The molecule has 0 aliphatic rings. The molecule has 0 atom stereocenters. The second-order valence-corrected chi connectivity index (χ2v) is 6.87. The predicted molar refractivity (Wildman–Crippen MR) is 85.3 cm³/mol. The number of aromatic nitrogens is 2. The van der Waals surface area contributed by atoms with Gasteiger partial charge in [-0.25, -0.2) is 0 Å². The zero-order valence-electron chi connectivity index (χ0n) is 10.8. The van der Waals surface area contributed by atoms with Crippen LogP contribution in [0.15, 0.2) is 28.6 Å². The molecule has 0 spiro atoms. The summed E-state index contributed by atoms with van der Waals surface area (Å²) >= 11 is 5.17. The highest BCUT2D eigenvalue weighted by Crippen LogP contribution is 2.28. The summed E-state index contributed by atoms with van der Waals surface area (Å²) in [5, 5.41) is 12.3. The van der Waals surface area contributed by atoms with Crippen molar-refractivity contribution in [3.63, 3.8) is 0 Å². The van der Waals surface area contributed by atoms with Crippen molar-refractivity contribution < 1.29 is 4.74 Å². The Balaban J connectivity index is 1.91. The molecule has 7 heteroatoms. The van der Waals surface area contributed by atoms with E-state index >= 15 is 0 Å². The highest BCUT2D eigenvalue weighted by atomic mass is 32.2. The van der Waals surface area contributed by atoms with E-state index in [0.29, 0.717) is 0 Å². The molecule has 0 amide bonds. The number of hydrogen-bond acceptors (Lipinski definition) is 7. The first-order chi connectivity index (χ1) is 9.31. The molecule has 0 bridgehead atoms. The minimum atomic E-state index is 0.816. The number of thioether (sulfide) groups is 2. The summed E-state index contributed by atoms with van der Waals surface area (Å²) in [6, 6.07) is 7.75.